The minimum absolute atomic E-state index is 0.000550. The Morgan fingerprint density at radius 2 is 1.95 bits per heavy atom. The van der Waals surface area contributed by atoms with Crippen LogP contribution in [0.2, 0.25) is 0 Å². The van der Waals surface area contributed by atoms with Crippen molar-refractivity contribution in [2.45, 2.75) is 19.8 Å². The van der Waals surface area contributed by atoms with Gasteiger partial charge in [0.15, 0.2) is 0 Å². The molecule has 1 amide bonds. The Hall–Kier alpha value is -1.75. The fraction of sp³-hybridized carbons (Fsp3) is 0.562. The first kappa shape index (κ1) is 15.6. The first-order valence-corrected chi connectivity index (χ1v) is 7.36. The molecule has 1 fully saturated rings. The van der Waals surface area contributed by atoms with Gasteiger partial charge in [-0.25, -0.2) is 0 Å². The van der Waals surface area contributed by atoms with E-state index < -0.39 is 0 Å². The van der Waals surface area contributed by atoms with E-state index in [4.69, 9.17) is 9.47 Å². The number of carbonyl (C=O) groups is 1. The number of amides is 1. The smallest absolute Gasteiger partial charge is 0.238 e. The van der Waals surface area contributed by atoms with Crippen molar-refractivity contribution in [1.82, 2.24) is 4.90 Å². The average Bonchev–Trinajstić information content (AvgIpc) is 2.46. The molecule has 0 aliphatic carbocycles. The van der Waals surface area contributed by atoms with Crippen molar-refractivity contribution in [2.24, 2.45) is 5.92 Å². The van der Waals surface area contributed by atoms with Gasteiger partial charge in [-0.3, -0.25) is 9.69 Å². The molecule has 2 rings (SSSR count). The Kier molecular flexibility index (Phi) is 5.44. The van der Waals surface area contributed by atoms with E-state index in [0.717, 1.165) is 13.1 Å². The number of ether oxygens (including phenoxy) is 2. The topological polar surface area (TPSA) is 50.8 Å². The van der Waals surface area contributed by atoms with Gasteiger partial charge in [-0.05, 0) is 25.3 Å². The average molecular weight is 292 g/mol. The molecular weight excluding hydrogens is 268 g/mol. The molecule has 5 nitrogen and oxygen atoms in total. The summed E-state index contributed by atoms with van der Waals surface area (Å²) >= 11 is 0. The third-order valence-electron chi connectivity index (χ3n) is 3.74. The lowest BCUT2D eigenvalue weighted by Crippen LogP contribution is -2.39. The van der Waals surface area contributed by atoms with Crippen LogP contribution in [0.25, 0.3) is 0 Å². The van der Waals surface area contributed by atoms with E-state index in [9.17, 15) is 4.79 Å². The van der Waals surface area contributed by atoms with Crippen molar-refractivity contribution in [3.63, 3.8) is 0 Å². The highest BCUT2D eigenvalue weighted by Gasteiger charge is 2.18. The number of hydrogen-bond donors (Lipinski definition) is 1. The molecule has 1 aliphatic rings. The van der Waals surface area contributed by atoms with Crippen LogP contribution in [0.1, 0.15) is 19.8 Å². The number of carbonyl (C=O) groups excluding carboxylic acids is 1. The first-order valence-electron chi connectivity index (χ1n) is 7.36. The zero-order chi connectivity index (χ0) is 15.2. The predicted octanol–water partition coefficient (Wildman–Crippen LogP) is 2.37. The Bertz CT molecular complexity index is 468. The number of rotatable bonds is 5. The van der Waals surface area contributed by atoms with Crippen molar-refractivity contribution >= 4 is 11.6 Å². The van der Waals surface area contributed by atoms with Crippen LogP contribution in [0.15, 0.2) is 18.2 Å². The Morgan fingerprint density at radius 3 is 2.52 bits per heavy atom. The molecule has 1 atom stereocenters. The number of piperidine rings is 1. The van der Waals surface area contributed by atoms with Gasteiger partial charge in [0, 0.05) is 30.4 Å². The summed E-state index contributed by atoms with van der Waals surface area (Å²) in [5, 5.41) is 2.91. The van der Waals surface area contributed by atoms with Crippen molar-refractivity contribution in [3.8, 4) is 11.5 Å². The summed E-state index contributed by atoms with van der Waals surface area (Å²) in [5.41, 5.74) is 0.696. The predicted molar refractivity (Wildman–Crippen MR) is 83.0 cm³/mol. The molecule has 0 radical (unpaired) electrons. The number of hydrogen-bond acceptors (Lipinski definition) is 4. The summed E-state index contributed by atoms with van der Waals surface area (Å²) in [5.74, 6) is 2.00. The molecule has 0 spiro atoms. The van der Waals surface area contributed by atoms with Crippen molar-refractivity contribution in [2.75, 3.05) is 39.2 Å². The summed E-state index contributed by atoms with van der Waals surface area (Å²) in [4.78, 5) is 14.4. The van der Waals surface area contributed by atoms with Gasteiger partial charge in [0.2, 0.25) is 5.91 Å². The Labute approximate surface area is 126 Å². The minimum atomic E-state index is -0.000550. The molecule has 21 heavy (non-hydrogen) atoms. The second-order valence-corrected chi connectivity index (χ2v) is 5.63. The van der Waals surface area contributed by atoms with Crippen LogP contribution in [0.3, 0.4) is 0 Å². The first-order chi connectivity index (χ1) is 10.1. The highest BCUT2D eigenvalue weighted by atomic mass is 16.5. The summed E-state index contributed by atoms with van der Waals surface area (Å²) in [6, 6.07) is 5.36. The third kappa shape index (κ3) is 4.63. The van der Waals surface area contributed by atoms with Crippen LogP contribution in [-0.2, 0) is 4.79 Å². The van der Waals surface area contributed by atoms with Gasteiger partial charge in [-0.15, -0.1) is 0 Å². The zero-order valence-corrected chi connectivity index (χ0v) is 13.0. The standard InChI is InChI=1S/C16H24N2O3/c1-12-5-4-6-18(10-12)11-16(19)17-13-7-14(20-2)9-15(8-13)21-3/h7-9,12H,4-6,10-11H2,1-3H3,(H,17,19). The number of anilines is 1. The number of methoxy groups -OCH3 is 2. The van der Waals surface area contributed by atoms with E-state index in [-0.39, 0.29) is 5.91 Å². The maximum absolute atomic E-state index is 12.2. The van der Waals surface area contributed by atoms with E-state index in [0.29, 0.717) is 29.6 Å². The highest BCUT2D eigenvalue weighted by molar-refractivity contribution is 5.92. The SMILES string of the molecule is COc1cc(NC(=O)CN2CCCC(C)C2)cc(OC)c1. The lowest BCUT2D eigenvalue weighted by Gasteiger charge is -2.30. The van der Waals surface area contributed by atoms with Gasteiger partial charge in [0.1, 0.15) is 11.5 Å². The van der Waals surface area contributed by atoms with Crippen LogP contribution in [0.5, 0.6) is 11.5 Å². The van der Waals surface area contributed by atoms with Crippen LogP contribution >= 0.6 is 0 Å². The van der Waals surface area contributed by atoms with Gasteiger partial charge >= 0.3 is 0 Å². The quantitative estimate of drug-likeness (QED) is 0.905. The Balaban J connectivity index is 1.95. The van der Waals surface area contributed by atoms with Crippen LogP contribution in [-0.4, -0.2) is 44.7 Å². The normalized spacial score (nSPS) is 19.1. The molecule has 116 valence electrons. The van der Waals surface area contributed by atoms with E-state index in [1.807, 2.05) is 0 Å². The van der Waals surface area contributed by atoms with Gasteiger partial charge in [0.25, 0.3) is 0 Å². The molecule has 1 saturated heterocycles. The minimum Gasteiger partial charge on any atom is -0.497 e. The number of nitrogens with zero attached hydrogens (tertiary/aromatic N) is 1. The fourth-order valence-electron chi connectivity index (χ4n) is 2.71. The van der Waals surface area contributed by atoms with Crippen molar-refractivity contribution in [3.05, 3.63) is 18.2 Å². The molecule has 1 heterocycles. The van der Waals surface area contributed by atoms with Crippen LogP contribution < -0.4 is 14.8 Å². The van der Waals surface area contributed by atoms with E-state index in [1.165, 1.54) is 12.8 Å². The molecule has 0 bridgehead atoms. The van der Waals surface area contributed by atoms with Gasteiger partial charge in [0.05, 0.1) is 20.8 Å². The van der Waals surface area contributed by atoms with Crippen LogP contribution in [0, 0.1) is 5.92 Å². The van der Waals surface area contributed by atoms with Gasteiger partial charge in [-0.1, -0.05) is 6.92 Å². The van der Waals surface area contributed by atoms with E-state index in [2.05, 4.69) is 17.1 Å². The maximum atomic E-state index is 12.2. The molecule has 0 aromatic heterocycles. The van der Waals surface area contributed by atoms with E-state index in [1.54, 1.807) is 32.4 Å². The number of nitrogens with one attached hydrogen (secondary N) is 1. The molecule has 1 aromatic carbocycles. The summed E-state index contributed by atoms with van der Waals surface area (Å²) in [7, 11) is 3.19. The largest absolute Gasteiger partial charge is 0.497 e. The van der Waals surface area contributed by atoms with Gasteiger partial charge in [-0.2, -0.15) is 0 Å². The van der Waals surface area contributed by atoms with Crippen LogP contribution in [0.4, 0.5) is 5.69 Å². The summed E-state index contributed by atoms with van der Waals surface area (Å²) in [6.07, 6.45) is 2.42. The highest BCUT2D eigenvalue weighted by Crippen LogP contribution is 2.25. The molecule has 1 aliphatic heterocycles. The number of benzene rings is 1. The zero-order valence-electron chi connectivity index (χ0n) is 13.0. The molecule has 1 unspecified atom stereocenters. The second-order valence-electron chi connectivity index (χ2n) is 5.63. The number of likely N-dealkylation sites (tertiary alicyclic amines) is 1. The lowest BCUT2D eigenvalue weighted by atomic mass is 10.0. The molecule has 5 heteroatoms. The fourth-order valence-corrected chi connectivity index (χ4v) is 2.71. The van der Waals surface area contributed by atoms with Crippen molar-refractivity contribution in [1.29, 1.82) is 0 Å². The molecular formula is C16H24N2O3. The van der Waals surface area contributed by atoms with Crippen molar-refractivity contribution < 1.29 is 14.3 Å². The monoisotopic (exact) mass is 292 g/mol. The van der Waals surface area contributed by atoms with Gasteiger partial charge < -0.3 is 14.8 Å². The Morgan fingerprint density at radius 1 is 1.29 bits per heavy atom. The second kappa shape index (κ2) is 7.31. The molecule has 1 aromatic rings. The molecule has 0 saturated carbocycles. The summed E-state index contributed by atoms with van der Waals surface area (Å²) in [6.45, 7) is 4.66. The maximum Gasteiger partial charge on any atom is 0.238 e. The molecule has 1 N–H and O–H groups in total. The summed E-state index contributed by atoms with van der Waals surface area (Å²) < 4.78 is 10.4. The third-order valence-corrected chi connectivity index (χ3v) is 3.74. The lowest BCUT2D eigenvalue weighted by molar-refractivity contribution is -0.117. The van der Waals surface area contributed by atoms with E-state index >= 15 is 0 Å².